The molecule has 0 spiro atoms. The summed E-state index contributed by atoms with van der Waals surface area (Å²) in [4.78, 5) is 12.3. The van der Waals surface area contributed by atoms with Crippen LogP contribution in [0.4, 0.5) is 0 Å². The number of hydrogen-bond donors (Lipinski definition) is 2. The Morgan fingerprint density at radius 2 is 1.58 bits per heavy atom. The molecule has 2 aromatic rings. The molecule has 0 bridgehead atoms. The molecule has 4 heteroatoms. The quantitative estimate of drug-likeness (QED) is 0.902. The number of likely N-dealkylation sites (N-methyl/N-ethyl adjacent to an activating group) is 1. The number of carbonyl (C=O) groups excluding carboxylic acids is 1. The monoisotopic (exact) mass is 274 g/mol. The number of halogens is 1. The van der Waals surface area contributed by atoms with Gasteiger partial charge in [0.2, 0.25) is 5.91 Å². The van der Waals surface area contributed by atoms with Gasteiger partial charge in [-0.3, -0.25) is 4.79 Å². The van der Waals surface area contributed by atoms with Crippen molar-refractivity contribution in [2.45, 2.75) is 5.54 Å². The van der Waals surface area contributed by atoms with E-state index in [0.717, 1.165) is 5.56 Å². The second-order valence-corrected chi connectivity index (χ2v) is 4.70. The number of rotatable bonds is 3. The highest BCUT2D eigenvalue weighted by Crippen LogP contribution is 2.28. The third kappa shape index (κ3) is 2.48. The zero-order valence-electron chi connectivity index (χ0n) is 10.6. The Hall–Kier alpha value is -1.84. The van der Waals surface area contributed by atoms with E-state index in [1.807, 2.05) is 30.3 Å². The third-order valence-corrected chi connectivity index (χ3v) is 3.37. The minimum absolute atomic E-state index is 0.263. The Bertz CT molecular complexity index is 568. The van der Waals surface area contributed by atoms with Crippen LogP contribution in [0.5, 0.6) is 0 Å². The highest BCUT2D eigenvalue weighted by Gasteiger charge is 2.37. The molecule has 0 aromatic heterocycles. The topological polar surface area (TPSA) is 55.1 Å². The summed E-state index contributed by atoms with van der Waals surface area (Å²) < 4.78 is 0. The van der Waals surface area contributed by atoms with Crippen LogP contribution in [0.3, 0.4) is 0 Å². The van der Waals surface area contributed by atoms with E-state index in [4.69, 9.17) is 17.3 Å². The maximum atomic E-state index is 12.3. The summed E-state index contributed by atoms with van der Waals surface area (Å²) in [7, 11) is 1.57. The Morgan fingerprint density at radius 3 is 2.11 bits per heavy atom. The van der Waals surface area contributed by atoms with Crippen LogP contribution in [-0.2, 0) is 10.3 Å². The van der Waals surface area contributed by atoms with Crippen molar-refractivity contribution in [3.8, 4) is 0 Å². The second kappa shape index (κ2) is 5.43. The summed E-state index contributed by atoms with van der Waals surface area (Å²) in [5.41, 5.74) is 6.60. The Labute approximate surface area is 117 Å². The van der Waals surface area contributed by atoms with E-state index in [1.54, 1.807) is 31.3 Å². The van der Waals surface area contributed by atoms with Gasteiger partial charge in [-0.05, 0) is 23.3 Å². The molecule has 0 aliphatic rings. The molecule has 19 heavy (non-hydrogen) atoms. The lowest BCUT2D eigenvalue weighted by atomic mass is 9.83. The first-order chi connectivity index (χ1) is 9.09. The normalized spacial score (nSPS) is 13.6. The van der Waals surface area contributed by atoms with E-state index in [1.165, 1.54) is 0 Å². The Kier molecular flexibility index (Phi) is 3.88. The number of hydrogen-bond acceptors (Lipinski definition) is 2. The first kappa shape index (κ1) is 13.6. The average Bonchev–Trinajstić information content (AvgIpc) is 2.47. The van der Waals surface area contributed by atoms with Gasteiger partial charge in [0.15, 0.2) is 0 Å². The molecule has 0 saturated heterocycles. The number of amides is 1. The van der Waals surface area contributed by atoms with Gasteiger partial charge in [0.25, 0.3) is 0 Å². The van der Waals surface area contributed by atoms with Crippen molar-refractivity contribution < 1.29 is 4.79 Å². The van der Waals surface area contributed by atoms with Crippen LogP contribution in [0.1, 0.15) is 11.1 Å². The SMILES string of the molecule is CNC(=O)[C@](N)(c1ccccc1)c1ccc(Cl)cc1. The molecule has 0 heterocycles. The third-order valence-electron chi connectivity index (χ3n) is 3.11. The predicted octanol–water partition coefficient (Wildman–Crippen LogP) is 2.29. The molecule has 0 aliphatic carbocycles. The van der Waals surface area contributed by atoms with Crippen LogP contribution in [0.15, 0.2) is 54.6 Å². The second-order valence-electron chi connectivity index (χ2n) is 4.26. The van der Waals surface area contributed by atoms with E-state index in [-0.39, 0.29) is 5.91 Å². The lowest BCUT2D eigenvalue weighted by Gasteiger charge is -2.28. The van der Waals surface area contributed by atoms with Gasteiger partial charge in [-0.25, -0.2) is 0 Å². The zero-order valence-corrected chi connectivity index (χ0v) is 11.3. The zero-order chi connectivity index (χ0) is 13.9. The highest BCUT2D eigenvalue weighted by atomic mass is 35.5. The standard InChI is InChI=1S/C15H15ClN2O/c1-18-14(19)15(17,11-5-3-2-4-6-11)12-7-9-13(16)10-8-12/h2-10H,17H2,1H3,(H,18,19)/t15-/m0/s1. The van der Waals surface area contributed by atoms with Crippen molar-refractivity contribution in [2.75, 3.05) is 7.05 Å². The van der Waals surface area contributed by atoms with E-state index in [2.05, 4.69) is 5.32 Å². The summed E-state index contributed by atoms with van der Waals surface area (Å²) >= 11 is 5.88. The van der Waals surface area contributed by atoms with Crippen LogP contribution in [0.25, 0.3) is 0 Å². The number of carbonyl (C=O) groups is 1. The number of nitrogens with two attached hydrogens (primary N) is 1. The van der Waals surface area contributed by atoms with Gasteiger partial charge in [-0.15, -0.1) is 0 Å². The molecule has 0 saturated carbocycles. The average molecular weight is 275 g/mol. The predicted molar refractivity (Wildman–Crippen MR) is 76.9 cm³/mol. The van der Waals surface area contributed by atoms with E-state index < -0.39 is 5.54 Å². The molecular weight excluding hydrogens is 260 g/mol. The first-order valence-electron chi connectivity index (χ1n) is 5.91. The fraction of sp³-hybridized carbons (Fsp3) is 0.133. The van der Waals surface area contributed by atoms with E-state index >= 15 is 0 Å². The molecule has 2 rings (SSSR count). The molecule has 0 aliphatic heterocycles. The number of nitrogens with one attached hydrogen (secondary N) is 1. The van der Waals surface area contributed by atoms with Gasteiger partial charge < -0.3 is 11.1 Å². The first-order valence-corrected chi connectivity index (χ1v) is 6.29. The summed E-state index contributed by atoms with van der Waals surface area (Å²) in [6.45, 7) is 0. The molecule has 0 unspecified atom stereocenters. The van der Waals surface area contributed by atoms with Crippen LogP contribution >= 0.6 is 11.6 Å². The van der Waals surface area contributed by atoms with Crippen LogP contribution in [-0.4, -0.2) is 13.0 Å². The van der Waals surface area contributed by atoms with Crippen molar-refractivity contribution in [3.63, 3.8) is 0 Å². The largest absolute Gasteiger partial charge is 0.357 e. The Balaban J connectivity index is 2.58. The molecule has 0 radical (unpaired) electrons. The molecule has 1 amide bonds. The van der Waals surface area contributed by atoms with Crippen molar-refractivity contribution in [2.24, 2.45) is 5.73 Å². The fourth-order valence-corrected chi connectivity index (χ4v) is 2.17. The molecule has 3 N–H and O–H groups in total. The van der Waals surface area contributed by atoms with Gasteiger partial charge in [0.05, 0.1) is 0 Å². The molecule has 2 aromatic carbocycles. The summed E-state index contributed by atoms with van der Waals surface area (Å²) in [6, 6.07) is 16.3. The molecule has 98 valence electrons. The minimum Gasteiger partial charge on any atom is -0.357 e. The van der Waals surface area contributed by atoms with Crippen LogP contribution < -0.4 is 11.1 Å². The summed E-state index contributed by atoms with van der Waals surface area (Å²) in [5, 5.41) is 3.23. The lowest BCUT2D eigenvalue weighted by Crippen LogP contribution is -2.51. The van der Waals surface area contributed by atoms with E-state index in [0.29, 0.717) is 10.6 Å². The van der Waals surface area contributed by atoms with Gasteiger partial charge in [-0.1, -0.05) is 54.1 Å². The smallest absolute Gasteiger partial charge is 0.249 e. The van der Waals surface area contributed by atoms with Crippen LogP contribution in [0, 0.1) is 0 Å². The highest BCUT2D eigenvalue weighted by molar-refractivity contribution is 6.30. The number of benzene rings is 2. The molecule has 1 atom stereocenters. The summed E-state index contributed by atoms with van der Waals surface area (Å²) in [5.74, 6) is -0.263. The van der Waals surface area contributed by atoms with Gasteiger partial charge in [-0.2, -0.15) is 0 Å². The van der Waals surface area contributed by atoms with Crippen molar-refractivity contribution in [3.05, 3.63) is 70.7 Å². The fourth-order valence-electron chi connectivity index (χ4n) is 2.04. The minimum atomic E-state index is -1.22. The maximum absolute atomic E-state index is 12.3. The van der Waals surface area contributed by atoms with Crippen LogP contribution in [0.2, 0.25) is 5.02 Å². The van der Waals surface area contributed by atoms with Crippen molar-refractivity contribution in [1.82, 2.24) is 5.32 Å². The van der Waals surface area contributed by atoms with E-state index in [9.17, 15) is 4.79 Å². The van der Waals surface area contributed by atoms with Crippen molar-refractivity contribution >= 4 is 17.5 Å². The van der Waals surface area contributed by atoms with Gasteiger partial charge in [0.1, 0.15) is 5.54 Å². The molecular formula is C15H15ClN2O. The lowest BCUT2D eigenvalue weighted by molar-refractivity contribution is -0.124. The molecule has 3 nitrogen and oxygen atoms in total. The Morgan fingerprint density at radius 1 is 1.05 bits per heavy atom. The van der Waals surface area contributed by atoms with Gasteiger partial charge >= 0.3 is 0 Å². The maximum Gasteiger partial charge on any atom is 0.249 e. The summed E-state index contributed by atoms with van der Waals surface area (Å²) in [6.07, 6.45) is 0. The molecule has 0 fully saturated rings. The van der Waals surface area contributed by atoms with Crippen molar-refractivity contribution in [1.29, 1.82) is 0 Å². The van der Waals surface area contributed by atoms with Gasteiger partial charge in [0, 0.05) is 12.1 Å².